The van der Waals surface area contributed by atoms with E-state index in [0.29, 0.717) is 0 Å². The molecule has 1 atom stereocenters. The lowest BCUT2D eigenvalue weighted by Gasteiger charge is -2.22. The minimum atomic E-state index is -1.83. The van der Waals surface area contributed by atoms with Crippen LogP contribution in [-0.2, 0) is 19.1 Å². The number of carbonyl (C=O) groups is 3. The molecule has 1 heterocycles. The Kier molecular flexibility index (Phi) is 4.39. The topological polar surface area (TPSA) is 110 Å². The maximum Gasteiger partial charge on any atom is 0.336 e. The highest BCUT2D eigenvalue weighted by Crippen LogP contribution is 2.44. The summed E-state index contributed by atoms with van der Waals surface area (Å²) in [5.74, 6) is -2.80. The fourth-order valence-corrected chi connectivity index (χ4v) is 4.03. The van der Waals surface area contributed by atoms with Crippen LogP contribution in [0.15, 0.2) is 48.5 Å². The maximum absolute atomic E-state index is 12.6. The molecule has 1 fully saturated rings. The zero-order valence-electron chi connectivity index (χ0n) is 15.1. The van der Waals surface area contributed by atoms with Gasteiger partial charge in [-0.1, -0.05) is 48.5 Å². The minimum Gasteiger partial charge on any atom is -0.480 e. The fourth-order valence-electron chi connectivity index (χ4n) is 4.03. The molecule has 4 rings (SSSR count). The molecule has 1 amide bonds. The van der Waals surface area contributed by atoms with Gasteiger partial charge in [0.05, 0.1) is 0 Å². The van der Waals surface area contributed by atoms with E-state index in [1.54, 1.807) is 0 Å². The Morgan fingerprint density at radius 2 is 1.68 bits per heavy atom. The second kappa shape index (κ2) is 6.76. The van der Waals surface area contributed by atoms with E-state index in [-0.39, 0.29) is 25.5 Å². The molecule has 7 nitrogen and oxygen atoms in total. The summed E-state index contributed by atoms with van der Waals surface area (Å²) in [6.07, 6.45) is 0.0375. The molecule has 7 heteroatoms. The van der Waals surface area contributed by atoms with E-state index in [0.717, 1.165) is 27.2 Å². The molecule has 1 aliphatic heterocycles. The summed E-state index contributed by atoms with van der Waals surface area (Å²) in [5, 5.41) is 8.88. The maximum atomic E-state index is 12.6. The third-order valence-corrected chi connectivity index (χ3v) is 5.48. The van der Waals surface area contributed by atoms with Gasteiger partial charge in [-0.25, -0.2) is 4.79 Å². The molecular formula is C21H20N2O5. The number of benzene rings is 2. The predicted octanol–water partition coefficient (Wildman–Crippen LogP) is 1.36. The van der Waals surface area contributed by atoms with Crippen LogP contribution in [0.3, 0.4) is 0 Å². The number of nitrogens with two attached hydrogens (primary N) is 1. The van der Waals surface area contributed by atoms with Crippen LogP contribution in [0.25, 0.3) is 11.1 Å². The van der Waals surface area contributed by atoms with Crippen molar-refractivity contribution >= 4 is 17.8 Å². The van der Waals surface area contributed by atoms with Crippen molar-refractivity contribution in [3.8, 4) is 11.1 Å². The van der Waals surface area contributed by atoms with Crippen LogP contribution in [0.4, 0.5) is 0 Å². The van der Waals surface area contributed by atoms with Gasteiger partial charge in [0.25, 0.3) is 5.91 Å². The van der Waals surface area contributed by atoms with Crippen molar-refractivity contribution in [1.82, 2.24) is 4.90 Å². The first-order valence-corrected chi connectivity index (χ1v) is 9.07. The Morgan fingerprint density at radius 3 is 2.25 bits per heavy atom. The molecule has 28 heavy (non-hydrogen) atoms. The number of rotatable bonds is 5. The molecule has 1 saturated heterocycles. The molecule has 3 N–H and O–H groups in total. The van der Waals surface area contributed by atoms with Gasteiger partial charge in [-0.15, -0.1) is 0 Å². The van der Waals surface area contributed by atoms with Crippen molar-refractivity contribution in [3.05, 3.63) is 59.7 Å². The first kappa shape index (κ1) is 18.2. The Bertz CT molecular complexity index is 927. The smallest absolute Gasteiger partial charge is 0.336 e. The third kappa shape index (κ3) is 2.84. The van der Waals surface area contributed by atoms with E-state index in [1.807, 2.05) is 48.5 Å². The highest BCUT2D eigenvalue weighted by atomic mass is 16.5. The van der Waals surface area contributed by atoms with E-state index in [1.165, 1.54) is 0 Å². The fraction of sp³-hybridized carbons (Fsp3) is 0.286. The van der Waals surface area contributed by atoms with Gasteiger partial charge in [0.2, 0.25) is 0 Å². The first-order valence-electron chi connectivity index (χ1n) is 9.07. The van der Waals surface area contributed by atoms with Gasteiger partial charge in [0.1, 0.15) is 13.2 Å². The number of nitrogens with zero attached hydrogens (tertiary/aromatic N) is 1. The Morgan fingerprint density at radius 1 is 1.11 bits per heavy atom. The lowest BCUT2D eigenvalue weighted by molar-refractivity contribution is -0.156. The van der Waals surface area contributed by atoms with Crippen LogP contribution in [-0.4, -0.2) is 53.1 Å². The van der Waals surface area contributed by atoms with E-state index in [4.69, 9.17) is 15.6 Å². The second-order valence-electron chi connectivity index (χ2n) is 7.17. The van der Waals surface area contributed by atoms with Crippen molar-refractivity contribution in [2.24, 2.45) is 5.73 Å². The highest BCUT2D eigenvalue weighted by molar-refractivity contribution is 6.09. The van der Waals surface area contributed by atoms with Crippen molar-refractivity contribution in [3.63, 3.8) is 0 Å². The molecule has 2 aromatic rings. The summed E-state index contributed by atoms with van der Waals surface area (Å²) in [6.45, 7) is -0.293. The second-order valence-corrected chi connectivity index (χ2v) is 7.17. The molecule has 1 unspecified atom stereocenters. The Balaban J connectivity index is 1.51. The van der Waals surface area contributed by atoms with Crippen molar-refractivity contribution < 1.29 is 24.2 Å². The number of aliphatic carboxylic acids is 1. The summed E-state index contributed by atoms with van der Waals surface area (Å²) in [7, 11) is 0. The average molecular weight is 380 g/mol. The molecule has 2 aliphatic rings. The first-order chi connectivity index (χ1) is 13.4. The van der Waals surface area contributed by atoms with Crippen LogP contribution in [0, 0.1) is 0 Å². The number of carboxylic acid groups (broad SMARTS) is 1. The molecule has 144 valence electrons. The van der Waals surface area contributed by atoms with Crippen molar-refractivity contribution in [2.75, 3.05) is 19.7 Å². The van der Waals surface area contributed by atoms with Crippen LogP contribution in [0.5, 0.6) is 0 Å². The van der Waals surface area contributed by atoms with Crippen LogP contribution in [0.2, 0.25) is 0 Å². The van der Waals surface area contributed by atoms with Crippen molar-refractivity contribution in [1.29, 1.82) is 0 Å². The van der Waals surface area contributed by atoms with E-state index in [2.05, 4.69) is 0 Å². The van der Waals surface area contributed by atoms with Crippen LogP contribution >= 0.6 is 0 Å². The zero-order valence-corrected chi connectivity index (χ0v) is 15.1. The quantitative estimate of drug-likeness (QED) is 0.599. The molecule has 1 aliphatic carbocycles. The minimum absolute atomic E-state index is 0.0375. The van der Waals surface area contributed by atoms with Gasteiger partial charge < -0.3 is 20.5 Å². The number of hydrogen-bond donors (Lipinski definition) is 2. The Labute approximate surface area is 161 Å². The SMILES string of the molecule is NC1(C(=O)OCC2c3ccccc3-c3ccccc32)CCN(CC(=O)O)C1=O. The molecule has 0 aromatic heterocycles. The number of carbonyl (C=O) groups excluding carboxylic acids is 2. The molecular weight excluding hydrogens is 360 g/mol. The monoisotopic (exact) mass is 380 g/mol. The predicted molar refractivity (Wildman–Crippen MR) is 100 cm³/mol. The number of likely N-dealkylation sites (tertiary alicyclic amines) is 1. The normalized spacial score (nSPS) is 20.8. The number of ether oxygens (including phenoxy) is 1. The largest absolute Gasteiger partial charge is 0.480 e. The number of carboxylic acids is 1. The summed E-state index contributed by atoms with van der Waals surface area (Å²) in [6, 6.07) is 15.9. The van der Waals surface area contributed by atoms with Gasteiger partial charge in [0, 0.05) is 18.9 Å². The van der Waals surface area contributed by atoms with Gasteiger partial charge in [0.15, 0.2) is 5.54 Å². The van der Waals surface area contributed by atoms with Gasteiger partial charge in [-0.2, -0.15) is 0 Å². The summed E-state index contributed by atoms with van der Waals surface area (Å²) in [5.41, 5.74) is 8.53. The van der Waals surface area contributed by atoms with E-state index in [9.17, 15) is 14.4 Å². The summed E-state index contributed by atoms with van der Waals surface area (Å²) < 4.78 is 5.49. The lowest BCUT2D eigenvalue weighted by atomic mass is 9.97. The summed E-state index contributed by atoms with van der Waals surface area (Å²) >= 11 is 0. The average Bonchev–Trinajstić information content (AvgIpc) is 3.16. The zero-order chi connectivity index (χ0) is 19.9. The molecule has 0 spiro atoms. The third-order valence-electron chi connectivity index (χ3n) is 5.48. The summed E-state index contributed by atoms with van der Waals surface area (Å²) in [4.78, 5) is 37.0. The molecule has 0 saturated carbocycles. The highest BCUT2D eigenvalue weighted by Gasteiger charge is 2.51. The number of hydrogen-bond acceptors (Lipinski definition) is 5. The number of esters is 1. The number of fused-ring (bicyclic) bond motifs is 3. The molecule has 0 bridgehead atoms. The standard InChI is InChI=1S/C21H20N2O5/c22-21(9-10-23(19(21)26)11-18(24)25)20(27)28-12-17-15-7-3-1-5-13(15)14-6-2-4-8-16(14)17/h1-8,17H,9-12,22H2,(H,24,25). The van der Waals surface area contributed by atoms with Crippen molar-refractivity contribution in [2.45, 2.75) is 17.9 Å². The van der Waals surface area contributed by atoms with Crippen LogP contribution < -0.4 is 5.73 Å². The molecule has 2 aromatic carbocycles. The Hall–Kier alpha value is -3.19. The lowest BCUT2D eigenvalue weighted by Crippen LogP contribution is -2.55. The molecule has 0 radical (unpaired) electrons. The van der Waals surface area contributed by atoms with Gasteiger partial charge in [-0.05, 0) is 22.3 Å². The van der Waals surface area contributed by atoms with E-state index < -0.39 is 29.9 Å². The van der Waals surface area contributed by atoms with E-state index >= 15 is 0 Å². The van der Waals surface area contributed by atoms with Crippen LogP contribution in [0.1, 0.15) is 23.5 Å². The van der Waals surface area contributed by atoms with Gasteiger partial charge >= 0.3 is 11.9 Å². The van der Waals surface area contributed by atoms with Gasteiger partial charge in [-0.3, -0.25) is 9.59 Å². The number of amides is 1.